The average molecular weight is 311 g/mol. The number of carbonyl (C=O) groups excluding carboxylic acids is 1. The van der Waals surface area contributed by atoms with Gasteiger partial charge in [-0.3, -0.25) is 9.48 Å². The van der Waals surface area contributed by atoms with Crippen molar-refractivity contribution < 1.29 is 18.0 Å². The molecule has 1 N–H and O–H groups in total. The molecule has 1 aromatic heterocycles. The van der Waals surface area contributed by atoms with E-state index in [-0.39, 0.29) is 11.6 Å². The van der Waals surface area contributed by atoms with E-state index in [2.05, 4.69) is 10.4 Å². The third-order valence-corrected chi connectivity index (χ3v) is 3.32. The quantitative estimate of drug-likeness (QED) is 0.941. The maximum absolute atomic E-state index is 13.0. The molecule has 0 fully saturated rings. The van der Waals surface area contributed by atoms with Gasteiger partial charge in [0.2, 0.25) is 0 Å². The highest BCUT2D eigenvalue weighted by Gasteiger charge is 2.35. The van der Waals surface area contributed by atoms with Crippen molar-refractivity contribution in [3.05, 3.63) is 53.3 Å². The number of nitrogens with one attached hydrogen (secondary N) is 1. The van der Waals surface area contributed by atoms with Crippen LogP contribution in [0.2, 0.25) is 0 Å². The standard InChI is InChI=1S/C15H16F3N3O/c1-3-13(10-8-19-21(2)9-10)20-14(22)11-6-4-5-7-12(11)15(16,17)18/h4-9,13H,3H2,1-2H3,(H,20,22)/t13-/m0/s1. The van der Waals surface area contributed by atoms with Gasteiger partial charge in [-0.05, 0) is 18.6 Å². The minimum atomic E-state index is -4.57. The predicted molar refractivity (Wildman–Crippen MR) is 75.2 cm³/mol. The third-order valence-electron chi connectivity index (χ3n) is 3.32. The lowest BCUT2D eigenvalue weighted by atomic mass is 10.0. The summed E-state index contributed by atoms with van der Waals surface area (Å²) in [7, 11) is 1.73. The SMILES string of the molecule is CC[C@H](NC(=O)c1ccccc1C(F)(F)F)c1cnn(C)c1. The van der Waals surface area contributed by atoms with Crippen molar-refractivity contribution in [3.63, 3.8) is 0 Å². The lowest BCUT2D eigenvalue weighted by molar-refractivity contribution is -0.137. The number of alkyl halides is 3. The highest BCUT2D eigenvalue weighted by atomic mass is 19.4. The smallest absolute Gasteiger partial charge is 0.345 e. The van der Waals surface area contributed by atoms with E-state index in [1.54, 1.807) is 24.1 Å². The highest BCUT2D eigenvalue weighted by molar-refractivity contribution is 5.96. The van der Waals surface area contributed by atoms with Crippen LogP contribution in [0.5, 0.6) is 0 Å². The second kappa shape index (κ2) is 6.21. The number of rotatable bonds is 4. The third kappa shape index (κ3) is 3.47. The van der Waals surface area contributed by atoms with Gasteiger partial charge >= 0.3 is 6.18 Å². The van der Waals surface area contributed by atoms with E-state index in [0.29, 0.717) is 6.42 Å². The minimum Gasteiger partial charge on any atom is -0.345 e. The summed E-state index contributed by atoms with van der Waals surface area (Å²) in [6.45, 7) is 1.84. The molecule has 0 saturated carbocycles. The first kappa shape index (κ1) is 16.1. The van der Waals surface area contributed by atoms with Crippen LogP contribution in [0.1, 0.15) is 40.9 Å². The zero-order chi connectivity index (χ0) is 16.3. The molecule has 118 valence electrons. The number of benzene rings is 1. The molecule has 2 rings (SSSR count). The Morgan fingerprint density at radius 1 is 1.36 bits per heavy atom. The zero-order valence-corrected chi connectivity index (χ0v) is 12.2. The molecule has 0 aliphatic rings. The lowest BCUT2D eigenvalue weighted by Gasteiger charge is -2.17. The zero-order valence-electron chi connectivity index (χ0n) is 12.2. The summed E-state index contributed by atoms with van der Waals surface area (Å²) in [4.78, 5) is 12.2. The number of carbonyl (C=O) groups is 1. The fraction of sp³-hybridized carbons (Fsp3) is 0.333. The van der Waals surface area contributed by atoms with Gasteiger partial charge in [-0.2, -0.15) is 18.3 Å². The molecule has 0 aliphatic carbocycles. The average Bonchev–Trinajstić information content (AvgIpc) is 2.90. The van der Waals surface area contributed by atoms with Crippen molar-refractivity contribution in [2.24, 2.45) is 7.05 Å². The molecule has 0 spiro atoms. The Balaban J connectivity index is 2.25. The molecule has 22 heavy (non-hydrogen) atoms. The normalized spacial score (nSPS) is 13.0. The van der Waals surface area contributed by atoms with Crippen molar-refractivity contribution in [2.75, 3.05) is 0 Å². The Morgan fingerprint density at radius 3 is 2.59 bits per heavy atom. The Morgan fingerprint density at radius 2 is 2.05 bits per heavy atom. The van der Waals surface area contributed by atoms with Gasteiger partial charge in [0.15, 0.2) is 0 Å². The first-order valence-corrected chi connectivity index (χ1v) is 6.78. The van der Waals surface area contributed by atoms with Crippen LogP contribution in [0.25, 0.3) is 0 Å². The van der Waals surface area contributed by atoms with Gasteiger partial charge < -0.3 is 5.32 Å². The summed E-state index contributed by atoms with van der Waals surface area (Å²) in [5.74, 6) is -0.747. The fourth-order valence-corrected chi connectivity index (χ4v) is 2.21. The topological polar surface area (TPSA) is 46.9 Å². The molecule has 1 aromatic carbocycles. The second-order valence-electron chi connectivity index (χ2n) is 4.92. The van der Waals surface area contributed by atoms with Crippen LogP contribution < -0.4 is 5.32 Å². The van der Waals surface area contributed by atoms with E-state index in [4.69, 9.17) is 0 Å². The minimum absolute atomic E-state index is 0.377. The number of amides is 1. The summed E-state index contributed by atoms with van der Waals surface area (Å²) in [6, 6.07) is 4.36. The Hall–Kier alpha value is -2.31. The number of hydrogen-bond acceptors (Lipinski definition) is 2. The van der Waals surface area contributed by atoms with Crippen molar-refractivity contribution in [1.82, 2.24) is 15.1 Å². The Bertz CT molecular complexity index is 664. The maximum atomic E-state index is 13.0. The second-order valence-corrected chi connectivity index (χ2v) is 4.92. The van der Waals surface area contributed by atoms with Gasteiger partial charge in [0.25, 0.3) is 5.91 Å². The summed E-state index contributed by atoms with van der Waals surface area (Å²) < 4.78 is 40.5. The van der Waals surface area contributed by atoms with E-state index in [9.17, 15) is 18.0 Å². The molecule has 1 amide bonds. The molecule has 0 saturated heterocycles. The largest absolute Gasteiger partial charge is 0.417 e. The molecule has 1 atom stereocenters. The van der Waals surface area contributed by atoms with E-state index < -0.39 is 17.6 Å². The van der Waals surface area contributed by atoms with E-state index in [0.717, 1.165) is 11.6 Å². The first-order valence-electron chi connectivity index (χ1n) is 6.78. The Kier molecular flexibility index (Phi) is 4.54. The lowest BCUT2D eigenvalue weighted by Crippen LogP contribution is -2.29. The van der Waals surface area contributed by atoms with Gasteiger partial charge in [0, 0.05) is 18.8 Å². The van der Waals surface area contributed by atoms with Gasteiger partial charge in [0.1, 0.15) is 0 Å². The monoisotopic (exact) mass is 311 g/mol. The van der Waals surface area contributed by atoms with Crippen LogP contribution >= 0.6 is 0 Å². The molecule has 4 nitrogen and oxygen atoms in total. The van der Waals surface area contributed by atoms with Gasteiger partial charge in [-0.15, -0.1) is 0 Å². The van der Waals surface area contributed by atoms with Gasteiger partial charge in [-0.1, -0.05) is 19.1 Å². The summed E-state index contributed by atoms with van der Waals surface area (Å²) in [6.07, 6.45) is -0.705. The number of aryl methyl sites for hydroxylation is 1. The predicted octanol–water partition coefficient (Wildman–Crippen LogP) is 3.32. The summed E-state index contributed by atoms with van der Waals surface area (Å²) in [5, 5.41) is 6.64. The number of aromatic nitrogens is 2. The molecular formula is C15H16F3N3O. The van der Waals surface area contributed by atoms with Gasteiger partial charge in [0.05, 0.1) is 23.4 Å². The molecular weight excluding hydrogens is 295 g/mol. The van der Waals surface area contributed by atoms with Crippen LogP contribution in [-0.4, -0.2) is 15.7 Å². The number of halogens is 3. The maximum Gasteiger partial charge on any atom is 0.417 e. The van der Waals surface area contributed by atoms with Crippen LogP contribution in [-0.2, 0) is 13.2 Å². The summed E-state index contributed by atoms with van der Waals surface area (Å²) >= 11 is 0. The van der Waals surface area contributed by atoms with E-state index >= 15 is 0 Å². The molecule has 0 unspecified atom stereocenters. The molecule has 0 radical (unpaired) electrons. The molecule has 0 bridgehead atoms. The van der Waals surface area contributed by atoms with Crippen molar-refractivity contribution >= 4 is 5.91 Å². The summed E-state index contributed by atoms with van der Waals surface area (Å²) in [5.41, 5.74) is -0.561. The van der Waals surface area contributed by atoms with Crippen molar-refractivity contribution in [2.45, 2.75) is 25.6 Å². The van der Waals surface area contributed by atoms with E-state index in [1.807, 2.05) is 6.92 Å². The first-order chi connectivity index (χ1) is 10.3. The molecule has 1 heterocycles. The van der Waals surface area contributed by atoms with Gasteiger partial charge in [-0.25, -0.2) is 0 Å². The van der Waals surface area contributed by atoms with Crippen LogP contribution in [0, 0.1) is 0 Å². The number of hydrogen-bond donors (Lipinski definition) is 1. The number of nitrogens with zero attached hydrogens (tertiary/aromatic N) is 2. The van der Waals surface area contributed by atoms with Crippen LogP contribution in [0.4, 0.5) is 13.2 Å². The molecule has 0 aliphatic heterocycles. The molecule has 7 heteroatoms. The van der Waals surface area contributed by atoms with Crippen LogP contribution in [0.15, 0.2) is 36.7 Å². The Labute approximate surface area is 125 Å². The molecule has 2 aromatic rings. The van der Waals surface area contributed by atoms with Crippen molar-refractivity contribution in [3.8, 4) is 0 Å². The fourth-order valence-electron chi connectivity index (χ4n) is 2.21. The highest BCUT2D eigenvalue weighted by Crippen LogP contribution is 2.32. The van der Waals surface area contributed by atoms with Crippen molar-refractivity contribution in [1.29, 1.82) is 0 Å². The van der Waals surface area contributed by atoms with E-state index in [1.165, 1.54) is 18.2 Å². The van der Waals surface area contributed by atoms with Crippen LogP contribution in [0.3, 0.4) is 0 Å².